The zero-order valence-corrected chi connectivity index (χ0v) is 26.8. The Kier molecular flexibility index (Phi) is 7.25. The summed E-state index contributed by atoms with van der Waals surface area (Å²) >= 11 is 0. The number of aromatic nitrogens is 3. The van der Waals surface area contributed by atoms with Crippen LogP contribution in [-0.4, -0.2) is 15.0 Å². The topological polar surface area (TPSA) is 51.8 Å². The first-order chi connectivity index (χ1) is 24.3. The fraction of sp³-hybridized carbons (Fsp3) is 0.0444. The van der Waals surface area contributed by atoms with Crippen molar-refractivity contribution in [2.45, 2.75) is 12.8 Å². The molecule has 232 valence electrons. The minimum absolute atomic E-state index is 0.631. The summed E-state index contributed by atoms with van der Waals surface area (Å²) in [5.74, 6) is 1.91. The number of furan rings is 1. The maximum absolute atomic E-state index is 6.41. The molecule has 0 saturated heterocycles. The first kappa shape index (κ1) is 28.8. The molecule has 0 bridgehead atoms. The van der Waals surface area contributed by atoms with E-state index in [1.165, 1.54) is 16.5 Å². The highest BCUT2D eigenvalue weighted by atomic mass is 16.3. The third-order valence-corrected chi connectivity index (χ3v) is 9.17. The van der Waals surface area contributed by atoms with Crippen LogP contribution in [0.2, 0.25) is 0 Å². The summed E-state index contributed by atoms with van der Waals surface area (Å²) in [7, 11) is 0. The van der Waals surface area contributed by atoms with Gasteiger partial charge in [-0.05, 0) is 70.5 Å². The number of hydrogen-bond acceptors (Lipinski definition) is 4. The van der Waals surface area contributed by atoms with Gasteiger partial charge in [-0.25, -0.2) is 15.0 Å². The van der Waals surface area contributed by atoms with Crippen LogP contribution >= 0.6 is 0 Å². The molecule has 2 heterocycles. The lowest BCUT2D eigenvalue weighted by molar-refractivity contribution is 0.669. The first-order valence-electron chi connectivity index (χ1n) is 16.7. The summed E-state index contributed by atoms with van der Waals surface area (Å²) in [4.78, 5) is 14.9. The van der Waals surface area contributed by atoms with E-state index in [1.54, 1.807) is 0 Å². The third kappa shape index (κ3) is 5.53. The smallest absolute Gasteiger partial charge is 0.164 e. The van der Waals surface area contributed by atoms with E-state index in [2.05, 4.69) is 127 Å². The van der Waals surface area contributed by atoms with E-state index >= 15 is 0 Å². The Morgan fingerprint density at radius 3 is 1.73 bits per heavy atom. The zero-order valence-electron chi connectivity index (χ0n) is 26.8. The van der Waals surface area contributed by atoms with Crippen molar-refractivity contribution in [1.29, 1.82) is 0 Å². The van der Waals surface area contributed by atoms with Gasteiger partial charge in [0.2, 0.25) is 0 Å². The Bertz CT molecular complexity index is 2530. The second kappa shape index (κ2) is 12.3. The average molecular weight is 630 g/mol. The normalized spacial score (nSPS) is 12.8. The van der Waals surface area contributed by atoms with Gasteiger partial charge in [0, 0.05) is 27.5 Å². The molecule has 0 N–H and O–H groups in total. The van der Waals surface area contributed by atoms with Crippen LogP contribution in [0.3, 0.4) is 0 Å². The van der Waals surface area contributed by atoms with E-state index in [-0.39, 0.29) is 0 Å². The summed E-state index contributed by atoms with van der Waals surface area (Å²) in [5.41, 5.74) is 11.6. The standard InChI is InChI=1S/C45H31N3O/c1-4-12-30(13-5-1)35-18-10-19-37(28-35)45-47-43(33-16-8-3-9-17-33)46-44(48-45)34-24-22-31(23-25-34)36-26-27-39-41(29-36)49-40-21-11-20-38(42(39)40)32-14-6-2-7-15-32/h1,3-6,8-29H,2,7H2. The van der Waals surface area contributed by atoms with Gasteiger partial charge in [-0.15, -0.1) is 0 Å². The molecule has 1 aliphatic rings. The van der Waals surface area contributed by atoms with Crippen LogP contribution in [0.1, 0.15) is 18.4 Å². The summed E-state index contributed by atoms with van der Waals surface area (Å²) in [6, 6.07) is 50.1. The molecular formula is C45H31N3O. The molecule has 1 aliphatic carbocycles. The van der Waals surface area contributed by atoms with E-state index < -0.39 is 0 Å². The molecule has 0 spiro atoms. The number of rotatable bonds is 6. The van der Waals surface area contributed by atoms with Gasteiger partial charge in [0.25, 0.3) is 0 Å². The lowest BCUT2D eigenvalue weighted by Gasteiger charge is -2.10. The maximum atomic E-state index is 6.41. The summed E-state index contributed by atoms with van der Waals surface area (Å²) < 4.78 is 6.41. The molecular weight excluding hydrogens is 599 g/mol. The molecule has 6 aromatic carbocycles. The van der Waals surface area contributed by atoms with Gasteiger partial charge < -0.3 is 4.42 Å². The molecule has 0 fully saturated rings. The SMILES string of the molecule is C1=CC(c2cccc3oc4cc(-c5ccc(-c6nc(-c7ccccc7)nc(-c7cccc(-c8ccccc8)c7)n6)cc5)ccc4c23)=CCC1. The van der Waals surface area contributed by atoms with Gasteiger partial charge >= 0.3 is 0 Å². The summed E-state index contributed by atoms with van der Waals surface area (Å²) in [6.45, 7) is 0. The summed E-state index contributed by atoms with van der Waals surface area (Å²) in [5, 5.41) is 2.31. The van der Waals surface area contributed by atoms with Crippen LogP contribution in [0.25, 0.3) is 83.9 Å². The van der Waals surface area contributed by atoms with E-state index in [9.17, 15) is 0 Å². The lowest BCUT2D eigenvalue weighted by Crippen LogP contribution is -2.00. The molecule has 2 aromatic heterocycles. The third-order valence-electron chi connectivity index (χ3n) is 9.17. The Hall–Kier alpha value is -6.39. The zero-order chi connectivity index (χ0) is 32.6. The predicted molar refractivity (Wildman–Crippen MR) is 201 cm³/mol. The fourth-order valence-electron chi connectivity index (χ4n) is 6.69. The molecule has 0 amide bonds. The Morgan fingerprint density at radius 1 is 0.429 bits per heavy atom. The van der Waals surface area contributed by atoms with Gasteiger partial charge in [-0.3, -0.25) is 0 Å². The molecule has 0 saturated carbocycles. The molecule has 0 aliphatic heterocycles. The Labute approximate surface area is 284 Å². The highest BCUT2D eigenvalue weighted by Gasteiger charge is 2.16. The van der Waals surface area contributed by atoms with Gasteiger partial charge in [0.1, 0.15) is 11.2 Å². The van der Waals surface area contributed by atoms with Crippen LogP contribution in [0.4, 0.5) is 0 Å². The van der Waals surface area contributed by atoms with Gasteiger partial charge in [-0.1, -0.05) is 140 Å². The molecule has 0 radical (unpaired) electrons. The highest BCUT2D eigenvalue weighted by molar-refractivity contribution is 6.11. The first-order valence-corrected chi connectivity index (χ1v) is 16.7. The van der Waals surface area contributed by atoms with Crippen LogP contribution in [0, 0.1) is 0 Å². The number of hydrogen-bond donors (Lipinski definition) is 0. The molecule has 0 unspecified atom stereocenters. The second-order valence-corrected chi connectivity index (χ2v) is 12.3. The number of nitrogens with zero attached hydrogens (tertiary/aromatic N) is 3. The molecule has 49 heavy (non-hydrogen) atoms. The van der Waals surface area contributed by atoms with Crippen molar-refractivity contribution in [1.82, 2.24) is 15.0 Å². The summed E-state index contributed by atoms with van der Waals surface area (Å²) in [6.07, 6.45) is 8.97. The van der Waals surface area contributed by atoms with Crippen molar-refractivity contribution in [2.75, 3.05) is 0 Å². The van der Waals surface area contributed by atoms with E-state index in [1.807, 2.05) is 36.4 Å². The van der Waals surface area contributed by atoms with Crippen molar-refractivity contribution in [3.05, 3.63) is 169 Å². The molecule has 4 heteroatoms. The van der Waals surface area contributed by atoms with E-state index in [0.29, 0.717) is 17.5 Å². The number of benzene rings is 6. The second-order valence-electron chi connectivity index (χ2n) is 12.3. The van der Waals surface area contributed by atoms with Gasteiger partial charge in [0.15, 0.2) is 17.5 Å². The largest absolute Gasteiger partial charge is 0.456 e. The van der Waals surface area contributed by atoms with Crippen molar-refractivity contribution in [3.63, 3.8) is 0 Å². The highest BCUT2D eigenvalue weighted by Crippen LogP contribution is 2.38. The van der Waals surface area contributed by atoms with Crippen molar-refractivity contribution in [3.8, 4) is 56.4 Å². The number of fused-ring (bicyclic) bond motifs is 3. The van der Waals surface area contributed by atoms with E-state index in [0.717, 1.165) is 68.3 Å². The minimum Gasteiger partial charge on any atom is -0.456 e. The van der Waals surface area contributed by atoms with Crippen molar-refractivity contribution < 1.29 is 4.42 Å². The van der Waals surface area contributed by atoms with E-state index in [4.69, 9.17) is 19.4 Å². The maximum Gasteiger partial charge on any atom is 0.164 e. The van der Waals surface area contributed by atoms with Gasteiger partial charge in [0.05, 0.1) is 0 Å². The quantitative estimate of drug-likeness (QED) is 0.184. The Balaban J connectivity index is 1.09. The molecule has 9 rings (SSSR count). The van der Waals surface area contributed by atoms with Crippen LogP contribution in [-0.2, 0) is 0 Å². The lowest BCUT2D eigenvalue weighted by atomic mass is 9.95. The van der Waals surface area contributed by atoms with Crippen LogP contribution < -0.4 is 0 Å². The average Bonchev–Trinajstić information content (AvgIpc) is 3.57. The molecule has 4 nitrogen and oxygen atoms in total. The van der Waals surface area contributed by atoms with Crippen molar-refractivity contribution in [2.24, 2.45) is 0 Å². The van der Waals surface area contributed by atoms with Crippen molar-refractivity contribution >= 4 is 27.5 Å². The molecule has 8 aromatic rings. The fourth-order valence-corrected chi connectivity index (χ4v) is 6.69. The monoisotopic (exact) mass is 629 g/mol. The molecule has 0 atom stereocenters. The Morgan fingerprint density at radius 2 is 1.00 bits per heavy atom. The van der Waals surface area contributed by atoms with Gasteiger partial charge in [-0.2, -0.15) is 0 Å². The van der Waals surface area contributed by atoms with Crippen LogP contribution in [0.15, 0.2) is 168 Å². The number of allylic oxidation sites excluding steroid dienone is 4. The van der Waals surface area contributed by atoms with Crippen LogP contribution in [0.5, 0.6) is 0 Å². The minimum atomic E-state index is 0.631. The predicted octanol–water partition coefficient (Wildman–Crippen LogP) is 11.8.